The van der Waals surface area contributed by atoms with Crippen molar-refractivity contribution in [3.63, 3.8) is 0 Å². The molecule has 1 aromatic rings. The highest BCUT2D eigenvalue weighted by atomic mass is 28.2. The molecule has 0 radical (unpaired) electrons. The Labute approximate surface area is 124 Å². The molecule has 0 aromatic heterocycles. The summed E-state index contributed by atoms with van der Waals surface area (Å²) in [5, 5.41) is 0. The first-order valence-electron chi connectivity index (χ1n) is 7.56. The van der Waals surface area contributed by atoms with Crippen LogP contribution in [0, 0.1) is 11.6 Å². The zero-order chi connectivity index (χ0) is 15.0. The summed E-state index contributed by atoms with van der Waals surface area (Å²) in [7, 11) is 0.777. The van der Waals surface area contributed by atoms with Crippen molar-refractivity contribution >= 4 is 10.5 Å². The first-order valence-corrected chi connectivity index (χ1v) is 8.37. The minimum Gasteiger partial charge on any atom is -0.422 e. The van der Waals surface area contributed by atoms with Gasteiger partial charge in [-0.2, -0.15) is 0 Å². The number of benzene rings is 1. The van der Waals surface area contributed by atoms with E-state index in [9.17, 15) is 8.78 Å². The van der Waals surface area contributed by atoms with Crippen LogP contribution >= 0.6 is 0 Å². The molecular weight excluding hydrogens is 274 g/mol. The summed E-state index contributed by atoms with van der Waals surface area (Å²) >= 11 is 0. The number of unbranched alkanes of at least 4 members (excludes halogenated alkanes) is 2. The number of hydrogen-bond acceptors (Lipinski definition) is 1. The predicted molar refractivity (Wildman–Crippen MR) is 82.9 cm³/mol. The highest BCUT2D eigenvalue weighted by Gasteiger charge is 2.23. The van der Waals surface area contributed by atoms with Gasteiger partial charge in [0.1, 0.15) is 22.1 Å². The molecule has 0 aliphatic carbocycles. The first-order chi connectivity index (χ1) is 9.56. The van der Waals surface area contributed by atoms with E-state index in [2.05, 4.69) is 13.8 Å². The summed E-state index contributed by atoms with van der Waals surface area (Å²) in [4.78, 5) is 0. The molecule has 0 unspecified atom stereocenters. The Morgan fingerprint density at radius 2 is 1.80 bits per heavy atom. The number of hydrogen-bond donors (Lipinski definition) is 0. The van der Waals surface area contributed by atoms with Crippen molar-refractivity contribution in [2.75, 3.05) is 0 Å². The second-order valence-corrected chi connectivity index (χ2v) is 5.80. The van der Waals surface area contributed by atoms with E-state index >= 15 is 0 Å². The summed E-state index contributed by atoms with van der Waals surface area (Å²) in [6.07, 6.45) is 6.97. The molecule has 0 aliphatic rings. The van der Waals surface area contributed by atoms with E-state index in [1.54, 1.807) is 6.07 Å². The number of rotatable bonds is 9. The average Bonchev–Trinajstić information content (AvgIpc) is 2.45. The van der Waals surface area contributed by atoms with Gasteiger partial charge in [-0.1, -0.05) is 32.8 Å². The Hall–Kier alpha value is -0.743. The molecule has 114 valence electrons. The van der Waals surface area contributed by atoms with E-state index in [4.69, 9.17) is 4.43 Å². The topological polar surface area (TPSA) is 9.23 Å². The molecule has 1 aromatic carbocycles. The molecule has 0 amide bonds. The number of halogens is 2. The zero-order valence-corrected chi connectivity index (χ0v) is 14.8. The third kappa shape index (κ3) is 4.98. The summed E-state index contributed by atoms with van der Waals surface area (Å²) < 4.78 is 32.0. The van der Waals surface area contributed by atoms with Crippen LogP contribution in [-0.2, 0) is 10.8 Å². The van der Waals surface area contributed by atoms with Gasteiger partial charge in [0.25, 0.3) is 0 Å². The molecule has 0 saturated heterocycles. The van der Waals surface area contributed by atoms with Gasteiger partial charge in [-0.3, -0.25) is 0 Å². The monoisotopic (exact) mass is 300 g/mol. The third-order valence-corrected chi connectivity index (χ3v) is 5.18. The van der Waals surface area contributed by atoms with Crippen LogP contribution in [0.5, 0.6) is 0 Å². The Kier molecular flexibility index (Phi) is 7.38. The molecule has 0 saturated carbocycles. The van der Waals surface area contributed by atoms with E-state index in [0.717, 1.165) is 55.1 Å². The van der Waals surface area contributed by atoms with Gasteiger partial charge in [0, 0.05) is 6.07 Å². The predicted octanol–water partition coefficient (Wildman–Crippen LogP) is 3.92. The summed E-state index contributed by atoms with van der Waals surface area (Å²) in [6, 6.07) is 3.84. The molecule has 0 N–H and O–H groups in total. The fourth-order valence-electron chi connectivity index (χ4n) is 2.66. The Bertz CT molecular complexity index is 397. The smallest absolute Gasteiger partial charge is 0.146 e. The Balaban J connectivity index is 2.31. The number of aryl methyl sites for hydroxylation is 1. The standard InChI is InChI=1S/C16H26F2OSi/c1-3-16(4-2,19-20)11-7-5-6-8-13-9-10-14(17)12-15(13)18/h9-10,12H,3-8,11H2,1-2,20H3. The van der Waals surface area contributed by atoms with Crippen molar-refractivity contribution in [2.24, 2.45) is 0 Å². The SMILES string of the molecule is CCC(CC)(CCCCCc1ccc(F)cc1F)O[SiH3]. The van der Waals surface area contributed by atoms with Crippen LogP contribution in [0.15, 0.2) is 18.2 Å². The van der Waals surface area contributed by atoms with E-state index in [0.29, 0.717) is 12.0 Å². The lowest BCUT2D eigenvalue weighted by Crippen LogP contribution is -2.30. The largest absolute Gasteiger partial charge is 0.422 e. The van der Waals surface area contributed by atoms with E-state index in [1.807, 2.05) is 0 Å². The normalized spacial score (nSPS) is 12.0. The van der Waals surface area contributed by atoms with Crippen LogP contribution in [0.25, 0.3) is 0 Å². The molecule has 0 atom stereocenters. The molecule has 0 bridgehead atoms. The van der Waals surface area contributed by atoms with Crippen molar-refractivity contribution in [1.82, 2.24) is 0 Å². The van der Waals surface area contributed by atoms with Gasteiger partial charge >= 0.3 is 0 Å². The van der Waals surface area contributed by atoms with Gasteiger partial charge in [-0.15, -0.1) is 0 Å². The van der Waals surface area contributed by atoms with Crippen LogP contribution in [-0.4, -0.2) is 16.1 Å². The Morgan fingerprint density at radius 1 is 1.10 bits per heavy atom. The average molecular weight is 300 g/mol. The minimum atomic E-state index is -0.508. The van der Waals surface area contributed by atoms with Crippen LogP contribution in [0.2, 0.25) is 0 Å². The highest BCUT2D eigenvalue weighted by Crippen LogP contribution is 2.26. The van der Waals surface area contributed by atoms with Crippen LogP contribution in [0.3, 0.4) is 0 Å². The highest BCUT2D eigenvalue weighted by molar-refractivity contribution is 5.98. The van der Waals surface area contributed by atoms with Crippen molar-refractivity contribution in [2.45, 2.75) is 64.4 Å². The maximum absolute atomic E-state index is 13.5. The maximum atomic E-state index is 13.5. The molecule has 0 spiro atoms. The van der Waals surface area contributed by atoms with E-state index in [-0.39, 0.29) is 5.60 Å². The summed E-state index contributed by atoms with van der Waals surface area (Å²) in [5.74, 6) is -0.935. The molecule has 4 heteroatoms. The molecule has 0 aliphatic heterocycles. The second-order valence-electron chi connectivity index (χ2n) is 5.39. The van der Waals surface area contributed by atoms with Crippen LogP contribution < -0.4 is 0 Å². The molecule has 0 heterocycles. The third-order valence-electron chi connectivity index (χ3n) is 4.32. The summed E-state index contributed by atoms with van der Waals surface area (Å²) in [6.45, 7) is 4.35. The van der Waals surface area contributed by atoms with Gasteiger partial charge in [0.15, 0.2) is 0 Å². The van der Waals surface area contributed by atoms with Gasteiger partial charge in [0.2, 0.25) is 0 Å². The van der Waals surface area contributed by atoms with Crippen molar-refractivity contribution in [3.05, 3.63) is 35.4 Å². The van der Waals surface area contributed by atoms with Gasteiger partial charge in [-0.25, -0.2) is 8.78 Å². The maximum Gasteiger partial charge on any atom is 0.146 e. The van der Waals surface area contributed by atoms with Gasteiger partial charge in [0.05, 0.1) is 5.60 Å². The lowest BCUT2D eigenvalue weighted by molar-refractivity contribution is 0.0583. The first kappa shape index (κ1) is 17.3. The summed E-state index contributed by atoms with van der Waals surface area (Å²) in [5.41, 5.74) is 0.677. The van der Waals surface area contributed by atoms with Crippen LogP contribution in [0.4, 0.5) is 8.78 Å². The fourth-order valence-corrected chi connectivity index (χ4v) is 3.44. The molecule has 1 rings (SSSR count). The molecule has 1 nitrogen and oxygen atoms in total. The molecule has 0 fully saturated rings. The van der Waals surface area contributed by atoms with Gasteiger partial charge < -0.3 is 4.43 Å². The van der Waals surface area contributed by atoms with Gasteiger partial charge in [-0.05, 0) is 43.7 Å². The van der Waals surface area contributed by atoms with Crippen LogP contribution in [0.1, 0.15) is 57.9 Å². The molecular formula is C16H26F2OSi. The lowest BCUT2D eigenvalue weighted by Gasteiger charge is -2.31. The zero-order valence-electron chi connectivity index (χ0n) is 12.8. The van der Waals surface area contributed by atoms with Crippen molar-refractivity contribution in [3.8, 4) is 0 Å². The Morgan fingerprint density at radius 3 is 2.35 bits per heavy atom. The van der Waals surface area contributed by atoms with Crippen molar-refractivity contribution < 1.29 is 13.2 Å². The van der Waals surface area contributed by atoms with E-state index < -0.39 is 11.6 Å². The minimum absolute atomic E-state index is 0.0628. The molecule has 20 heavy (non-hydrogen) atoms. The second kappa shape index (κ2) is 8.52. The van der Waals surface area contributed by atoms with Crippen molar-refractivity contribution in [1.29, 1.82) is 0 Å². The fraction of sp³-hybridized carbons (Fsp3) is 0.625. The lowest BCUT2D eigenvalue weighted by atomic mass is 9.90. The van der Waals surface area contributed by atoms with E-state index in [1.165, 1.54) is 6.07 Å². The quantitative estimate of drug-likeness (QED) is 0.496.